The number of aliphatic carboxylic acids is 1. The lowest BCUT2D eigenvalue weighted by Gasteiger charge is -2.23. The van der Waals surface area contributed by atoms with E-state index in [1.165, 1.54) is 6.07 Å². The third-order valence-corrected chi connectivity index (χ3v) is 4.87. The predicted octanol–water partition coefficient (Wildman–Crippen LogP) is 0.836. The van der Waals surface area contributed by atoms with Crippen molar-refractivity contribution in [1.82, 2.24) is 20.2 Å². The van der Waals surface area contributed by atoms with Crippen molar-refractivity contribution in [3.63, 3.8) is 0 Å². The number of carboxylic acid groups (broad SMARTS) is 1. The maximum Gasteiger partial charge on any atom is 0.329 e. The van der Waals surface area contributed by atoms with Gasteiger partial charge in [0.2, 0.25) is 11.8 Å². The topological polar surface area (TPSA) is 150 Å². The summed E-state index contributed by atoms with van der Waals surface area (Å²) in [6.07, 6.45) is 0.500. The number of aromatic nitrogens is 2. The fraction of sp³-hybridized carbons (Fsp3) is 0.500. The van der Waals surface area contributed by atoms with Gasteiger partial charge >= 0.3 is 11.7 Å². The van der Waals surface area contributed by atoms with Crippen molar-refractivity contribution in [2.24, 2.45) is 11.8 Å². The number of benzene rings is 1. The molecule has 1 aromatic carbocycles. The zero-order valence-electron chi connectivity index (χ0n) is 18.7. The summed E-state index contributed by atoms with van der Waals surface area (Å²) in [5.74, 6) is -2.42. The lowest BCUT2D eigenvalue weighted by molar-refractivity contribution is -0.142. The highest BCUT2D eigenvalue weighted by Gasteiger charge is 2.28. The summed E-state index contributed by atoms with van der Waals surface area (Å²) in [5, 5.41) is 14.7. The molecular weight excluding hydrogens is 416 g/mol. The number of nitrogens with one attached hydrogen (secondary N) is 3. The van der Waals surface area contributed by atoms with Gasteiger partial charge in [0, 0.05) is 0 Å². The van der Waals surface area contributed by atoms with Gasteiger partial charge in [0.15, 0.2) is 0 Å². The standard InChI is InChI=1S/C22H30N4O6/c1-12(2)9-16(19(28)24-17(21(30)31)10-13(3)4)23-18(27)11-26-20(29)14-7-5-6-8-15(14)25-22(26)32/h5-8,12-13,16-17H,9-11H2,1-4H3,(H,23,27)(H,24,28)(H,25,32)(H,30,31). The first-order valence-corrected chi connectivity index (χ1v) is 10.5. The average molecular weight is 447 g/mol. The number of hydrogen-bond acceptors (Lipinski definition) is 5. The molecule has 2 amide bonds. The molecular formula is C22H30N4O6. The summed E-state index contributed by atoms with van der Waals surface area (Å²) in [7, 11) is 0. The zero-order valence-corrected chi connectivity index (χ0v) is 18.7. The summed E-state index contributed by atoms with van der Waals surface area (Å²) in [4.78, 5) is 64.3. The fourth-order valence-electron chi connectivity index (χ4n) is 3.39. The molecule has 4 N–H and O–H groups in total. The Morgan fingerprint density at radius 2 is 1.56 bits per heavy atom. The molecule has 2 aromatic rings. The van der Waals surface area contributed by atoms with E-state index in [-0.39, 0.29) is 30.1 Å². The molecule has 10 nitrogen and oxygen atoms in total. The predicted molar refractivity (Wildman–Crippen MR) is 119 cm³/mol. The monoisotopic (exact) mass is 446 g/mol. The Kier molecular flexibility index (Phi) is 8.34. The number of carbonyl (C=O) groups is 3. The number of amides is 2. The third-order valence-electron chi connectivity index (χ3n) is 4.87. The Balaban J connectivity index is 2.20. The van der Waals surface area contributed by atoms with Crippen molar-refractivity contribution >= 4 is 28.7 Å². The van der Waals surface area contributed by atoms with Gasteiger partial charge in [-0.1, -0.05) is 39.8 Å². The van der Waals surface area contributed by atoms with Crippen LogP contribution in [0.1, 0.15) is 40.5 Å². The molecule has 1 aromatic heterocycles. The number of carbonyl (C=O) groups excluding carboxylic acids is 2. The van der Waals surface area contributed by atoms with Crippen LogP contribution in [-0.2, 0) is 20.9 Å². The lowest BCUT2D eigenvalue weighted by Crippen LogP contribution is -2.53. The maximum atomic E-state index is 12.7. The minimum absolute atomic E-state index is 0.0196. The zero-order chi connectivity index (χ0) is 24.0. The highest BCUT2D eigenvalue weighted by molar-refractivity contribution is 5.90. The van der Waals surface area contributed by atoms with Crippen molar-refractivity contribution < 1.29 is 19.5 Å². The van der Waals surface area contributed by atoms with Crippen molar-refractivity contribution in [2.45, 2.75) is 59.2 Å². The van der Waals surface area contributed by atoms with E-state index in [2.05, 4.69) is 15.6 Å². The number of H-pyrrole nitrogens is 1. The van der Waals surface area contributed by atoms with Crippen LogP contribution in [0.3, 0.4) is 0 Å². The molecule has 0 saturated heterocycles. The van der Waals surface area contributed by atoms with Gasteiger partial charge in [-0.3, -0.25) is 19.0 Å². The van der Waals surface area contributed by atoms with E-state index in [4.69, 9.17) is 0 Å². The Bertz CT molecular complexity index is 1100. The van der Waals surface area contributed by atoms with E-state index < -0.39 is 47.7 Å². The smallest absolute Gasteiger partial charge is 0.329 e. The number of hydrogen-bond donors (Lipinski definition) is 4. The second-order valence-electron chi connectivity index (χ2n) is 8.65. The number of para-hydroxylation sites is 1. The molecule has 0 radical (unpaired) electrons. The van der Waals surface area contributed by atoms with E-state index >= 15 is 0 Å². The first kappa shape index (κ1) is 24.8. The average Bonchev–Trinajstić information content (AvgIpc) is 2.69. The molecule has 2 rings (SSSR count). The van der Waals surface area contributed by atoms with Crippen LogP contribution in [0.2, 0.25) is 0 Å². The van der Waals surface area contributed by atoms with Crippen molar-refractivity contribution in [3.8, 4) is 0 Å². The van der Waals surface area contributed by atoms with E-state index in [0.29, 0.717) is 5.52 Å². The summed E-state index contributed by atoms with van der Waals surface area (Å²) in [6, 6.07) is 4.35. The minimum Gasteiger partial charge on any atom is -0.480 e. The van der Waals surface area contributed by atoms with Crippen LogP contribution in [0.5, 0.6) is 0 Å². The molecule has 0 aliphatic rings. The molecule has 0 fully saturated rings. The minimum atomic E-state index is -1.16. The molecule has 32 heavy (non-hydrogen) atoms. The highest BCUT2D eigenvalue weighted by Crippen LogP contribution is 2.09. The Morgan fingerprint density at radius 1 is 0.969 bits per heavy atom. The quantitative estimate of drug-likeness (QED) is 0.425. The van der Waals surface area contributed by atoms with Crippen LogP contribution in [0.25, 0.3) is 10.9 Å². The van der Waals surface area contributed by atoms with Crippen molar-refractivity contribution in [1.29, 1.82) is 0 Å². The second-order valence-corrected chi connectivity index (χ2v) is 8.65. The van der Waals surface area contributed by atoms with Gasteiger partial charge in [-0.25, -0.2) is 9.59 Å². The summed E-state index contributed by atoms with van der Waals surface area (Å²) < 4.78 is 0.765. The van der Waals surface area contributed by atoms with Crippen LogP contribution in [0, 0.1) is 11.8 Å². The molecule has 2 atom stereocenters. The summed E-state index contributed by atoms with van der Waals surface area (Å²) >= 11 is 0. The van der Waals surface area contributed by atoms with Crippen LogP contribution >= 0.6 is 0 Å². The van der Waals surface area contributed by atoms with Gasteiger partial charge in [-0.05, 0) is 36.8 Å². The number of rotatable bonds is 10. The van der Waals surface area contributed by atoms with Crippen molar-refractivity contribution in [3.05, 3.63) is 45.1 Å². The molecule has 0 spiro atoms. The van der Waals surface area contributed by atoms with Gasteiger partial charge in [0.25, 0.3) is 5.56 Å². The number of nitrogens with zero attached hydrogens (tertiary/aromatic N) is 1. The Hall–Kier alpha value is -3.43. The molecule has 0 aliphatic heterocycles. The SMILES string of the molecule is CC(C)CC(NC(=O)C(CC(C)C)NC(=O)Cn1c(=O)[nH]c2ccccc2c1=O)C(=O)O. The Labute approximate surface area is 185 Å². The normalized spacial score (nSPS) is 13.2. The molecule has 1 heterocycles. The fourth-order valence-corrected chi connectivity index (χ4v) is 3.39. The first-order chi connectivity index (χ1) is 15.0. The summed E-state index contributed by atoms with van der Waals surface area (Å²) in [6.45, 7) is 6.82. The lowest BCUT2D eigenvalue weighted by atomic mass is 10.0. The molecule has 0 saturated carbocycles. The van der Waals surface area contributed by atoms with Gasteiger partial charge in [0.05, 0.1) is 10.9 Å². The first-order valence-electron chi connectivity index (χ1n) is 10.5. The van der Waals surface area contributed by atoms with Gasteiger partial charge in [-0.2, -0.15) is 0 Å². The molecule has 2 unspecified atom stereocenters. The van der Waals surface area contributed by atoms with Gasteiger partial charge in [0.1, 0.15) is 18.6 Å². The van der Waals surface area contributed by atoms with E-state index in [9.17, 15) is 29.1 Å². The van der Waals surface area contributed by atoms with E-state index in [1.807, 2.05) is 27.7 Å². The molecule has 10 heteroatoms. The van der Waals surface area contributed by atoms with Crippen LogP contribution in [0.4, 0.5) is 0 Å². The van der Waals surface area contributed by atoms with E-state index in [0.717, 1.165) is 4.57 Å². The Morgan fingerprint density at radius 3 is 2.16 bits per heavy atom. The summed E-state index contributed by atoms with van der Waals surface area (Å²) in [5.41, 5.74) is -0.995. The van der Waals surface area contributed by atoms with Gasteiger partial charge < -0.3 is 20.7 Å². The third kappa shape index (κ3) is 6.53. The number of aromatic amines is 1. The van der Waals surface area contributed by atoms with E-state index in [1.54, 1.807) is 18.2 Å². The largest absolute Gasteiger partial charge is 0.480 e. The molecule has 0 aliphatic carbocycles. The maximum absolute atomic E-state index is 12.7. The molecule has 174 valence electrons. The van der Waals surface area contributed by atoms with Crippen LogP contribution in [0.15, 0.2) is 33.9 Å². The number of carboxylic acids is 1. The number of fused-ring (bicyclic) bond motifs is 1. The van der Waals surface area contributed by atoms with Crippen molar-refractivity contribution in [2.75, 3.05) is 0 Å². The van der Waals surface area contributed by atoms with Gasteiger partial charge in [-0.15, -0.1) is 0 Å². The second kappa shape index (κ2) is 10.7. The van der Waals surface area contributed by atoms with Crippen LogP contribution in [-0.4, -0.2) is 44.5 Å². The van der Waals surface area contributed by atoms with Crippen LogP contribution < -0.4 is 21.9 Å². The highest BCUT2D eigenvalue weighted by atomic mass is 16.4. The molecule has 0 bridgehead atoms.